The highest BCUT2D eigenvalue weighted by Gasteiger charge is 2.29. The number of rotatable bonds is 8. The monoisotopic (exact) mass is 370 g/mol. The van der Waals surface area contributed by atoms with Crippen LogP contribution in [0.5, 0.6) is 0 Å². The van der Waals surface area contributed by atoms with Gasteiger partial charge in [0.15, 0.2) is 0 Å². The summed E-state index contributed by atoms with van der Waals surface area (Å²) < 4.78 is 33.0. The van der Waals surface area contributed by atoms with Crippen molar-refractivity contribution in [2.75, 3.05) is 28.4 Å². The molecule has 0 aliphatic heterocycles. The lowest BCUT2D eigenvalue weighted by atomic mass is 10.0. The number of benzene rings is 2. The van der Waals surface area contributed by atoms with Crippen molar-refractivity contribution in [1.82, 2.24) is 0 Å². The maximum absolute atomic E-state index is 12.7. The minimum atomic E-state index is -3.35. The molecule has 2 rings (SSSR count). The number of fused-ring (bicyclic) bond motifs is 1. The zero-order valence-electron chi connectivity index (χ0n) is 14.0. The number of hydrogen-bond acceptors (Lipinski definition) is 6. The van der Waals surface area contributed by atoms with Gasteiger partial charge in [0.25, 0.3) is 0 Å². The minimum Gasteiger partial charge on any atom is -0.332 e. The summed E-state index contributed by atoms with van der Waals surface area (Å²) in [5, 5.41) is 1.75. The van der Waals surface area contributed by atoms with Crippen molar-refractivity contribution in [2.45, 2.75) is 6.16 Å². The van der Waals surface area contributed by atoms with Crippen LogP contribution in [-0.2, 0) is 28.8 Å². The predicted octanol–water partition coefficient (Wildman–Crippen LogP) is 4.57. The van der Waals surface area contributed by atoms with E-state index in [0.29, 0.717) is 11.1 Å². The van der Waals surface area contributed by atoms with Crippen molar-refractivity contribution in [3.8, 4) is 0 Å². The first-order chi connectivity index (χ1) is 11.5. The van der Waals surface area contributed by atoms with E-state index in [2.05, 4.69) is 0 Å². The molecule has 0 atom stereocenters. The average molecular weight is 370 g/mol. The van der Waals surface area contributed by atoms with Gasteiger partial charge in [0.2, 0.25) is 13.9 Å². The third kappa shape index (κ3) is 3.92. The Bertz CT molecular complexity index is 764. The van der Waals surface area contributed by atoms with Gasteiger partial charge in [0, 0.05) is 34.0 Å². The zero-order chi connectivity index (χ0) is 17.7. The van der Waals surface area contributed by atoms with E-state index in [4.69, 9.17) is 18.1 Å². The van der Waals surface area contributed by atoms with Gasteiger partial charge in [-0.15, -0.1) is 0 Å². The number of carbonyl (C=O) groups is 1. The molecular formula is C16H20O6P2. The van der Waals surface area contributed by atoms with Crippen molar-refractivity contribution in [1.29, 1.82) is 0 Å². The molecule has 0 N–H and O–H groups in total. The Morgan fingerprint density at radius 2 is 1.62 bits per heavy atom. The van der Waals surface area contributed by atoms with E-state index < -0.39 is 16.0 Å². The fourth-order valence-corrected chi connectivity index (χ4v) is 4.46. The summed E-state index contributed by atoms with van der Waals surface area (Å²) in [4.78, 5) is 12.7. The first-order valence-electron chi connectivity index (χ1n) is 7.13. The first-order valence-corrected chi connectivity index (χ1v) is 10.0. The van der Waals surface area contributed by atoms with E-state index in [1.54, 1.807) is 6.07 Å². The van der Waals surface area contributed by atoms with E-state index >= 15 is 0 Å². The molecule has 8 heteroatoms. The highest BCUT2D eigenvalue weighted by molar-refractivity contribution is 7.66. The van der Waals surface area contributed by atoms with Gasteiger partial charge in [0.05, 0.1) is 6.16 Å². The summed E-state index contributed by atoms with van der Waals surface area (Å²) in [6.07, 6.45) is -0.0149. The SMILES string of the molecule is COP(OC)C(=O)c1ccc2ccccc2c1CP(=O)(OC)OC. The number of carbonyl (C=O) groups excluding carboxylic acids is 1. The number of hydrogen-bond donors (Lipinski definition) is 0. The second-order valence-electron chi connectivity index (χ2n) is 4.87. The van der Waals surface area contributed by atoms with E-state index in [1.165, 1.54) is 28.4 Å². The summed E-state index contributed by atoms with van der Waals surface area (Å²) in [5.74, 6) is 0. The highest BCUT2D eigenvalue weighted by atomic mass is 31.2. The van der Waals surface area contributed by atoms with Gasteiger partial charge in [-0.1, -0.05) is 30.3 Å². The van der Waals surface area contributed by atoms with Crippen molar-refractivity contribution in [2.24, 2.45) is 0 Å². The van der Waals surface area contributed by atoms with Crippen molar-refractivity contribution in [3.05, 3.63) is 47.5 Å². The maximum Gasteiger partial charge on any atom is 0.334 e. The maximum atomic E-state index is 12.7. The highest BCUT2D eigenvalue weighted by Crippen LogP contribution is 2.52. The molecular weight excluding hydrogens is 350 g/mol. The normalized spacial score (nSPS) is 12.0. The molecule has 0 fully saturated rings. The summed E-state index contributed by atoms with van der Waals surface area (Å²) in [5.41, 5.74) is 0.721. The molecule has 24 heavy (non-hydrogen) atoms. The average Bonchev–Trinajstić information content (AvgIpc) is 2.62. The summed E-state index contributed by atoms with van der Waals surface area (Å²) in [6, 6.07) is 11.1. The molecule has 2 aromatic carbocycles. The van der Waals surface area contributed by atoms with Crippen LogP contribution >= 0.6 is 16.0 Å². The van der Waals surface area contributed by atoms with Crippen LogP contribution in [0.2, 0.25) is 0 Å². The molecule has 0 bridgehead atoms. The lowest BCUT2D eigenvalue weighted by Gasteiger charge is -2.19. The van der Waals surface area contributed by atoms with Crippen LogP contribution in [0.3, 0.4) is 0 Å². The summed E-state index contributed by atoms with van der Waals surface area (Å²) in [6.45, 7) is 0. The molecule has 0 unspecified atom stereocenters. The van der Waals surface area contributed by atoms with Crippen LogP contribution in [-0.4, -0.2) is 34.0 Å². The van der Waals surface area contributed by atoms with Gasteiger partial charge in [-0.2, -0.15) is 0 Å². The third-order valence-corrected chi connectivity index (χ3v) is 6.73. The van der Waals surface area contributed by atoms with E-state index in [9.17, 15) is 9.36 Å². The lowest BCUT2D eigenvalue weighted by molar-refractivity contribution is 0.105. The largest absolute Gasteiger partial charge is 0.334 e. The van der Waals surface area contributed by atoms with Crippen LogP contribution in [0.25, 0.3) is 10.8 Å². The molecule has 0 spiro atoms. The van der Waals surface area contributed by atoms with Gasteiger partial charge in [0.1, 0.15) is 0 Å². The Hall–Kier alpha value is -1.13. The predicted molar refractivity (Wildman–Crippen MR) is 94.5 cm³/mol. The molecule has 0 saturated carbocycles. The molecule has 2 aromatic rings. The van der Waals surface area contributed by atoms with Gasteiger partial charge in [-0.05, 0) is 22.4 Å². The van der Waals surface area contributed by atoms with Crippen molar-refractivity contribution < 1.29 is 27.5 Å². The zero-order valence-corrected chi connectivity index (χ0v) is 15.8. The van der Waals surface area contributed by atoms with Crippen LogP contribution in [0, 0.1) is 0 Å². The Morgan fingerprint density at radius 1 is 1.00 bits per heavy atom. The van der Waals surface area contributed by atoms with Gasteiger partial charge >= 0.3 is 7.60 Å². The second-order valence-corrected chi connectivity index (χ2v) is 8.79. The molecule has 0 radical (unpaired) electrons. The van der Waals surface area contributed by atoms with E-state index in [1.807, 2.05) is 30.3 Å². The van der Waals surface area contributed by atoms with Gasteiger partial charge in [-0.3, -0.25) is 9.36 Å². The molecule has 0 aromatic heterocycles. The molecule has 130 valence electrons. The summed E-state index contributed by atoms with van der Waals surface area (Å²) >= 11 is 0. The van der Waals surface area contributed by atoms with Crippen molar-refractivity contribution in [3.63, 3.8) is 0 Å². The molecule has 6 nitrogen and oxygen atoms in total. The Labute approximate surface area is 142 Å². The minimum absolute atomic E-state index is 0.0149. The molecule has 0 saturated heterocycles. The fourth-order valence-electron chi connectivity index (χ4n) is 2.44. The second kappa shape index (κ2) is 8.30. The Morgan fingerprint density at radius 3 is 2.21 bits per heavy atom. The van der Waals surface area contributed by atoms with Gasteiger partial charge < -0.3 is 18.1 Å². The molecule has 0 heterocycles. The Kier molecular flexibility index (Phi) is 6.64. The fraction of sp³-hybridized carbons (Fsp3) is 0.312. The van der Waals surface area contributed by atoms with Crippen molar-refractivity contribution >= 4 is 32.3 Å². The smallest absolute Gasteiger partial charge is 0.332 e. The van der Waals surface area contributed by atoms with E-state index in [-0.39, 0.29) is 11.7 Å². The lowest BCUT2D eigenvalue weighted by Crippen LogP contribution is -2.06. The topological polar surface area (TPSA) is 71.1 Å². The third-order valence-electron chi connectivity index (χ3n) is 3.68. The molecule has 0 aliphatic carbocycles. The Balaban J connectivity index is 2.65. The quantitative estimate of drug-likeness (QED) is 0.634. The van der Waals surface area contributed by atoms with Gasteiger partial charge in [-0.25, -0.2) is 0 Å². The molecule has 0 aliphatic rings. The first kappa shape index (κ1) is 19.2. The standard InChI is InChI=1S/C16H20O6P2/c1-19-23(20-2)16(17)14-10-9-12-7-5-6-8-13(12)15(14)11-24(18,21-3)22-4/h5-10H,11H2,1-4H3. The van der Waals surface area contributed by atoms with Crippen LogP contribution in [0.15, 0.2) is 36.4 Å². The van der Waals surface area contributed by atoms with E-state index in [0.717, 1.165) is 10.8 Å². The van der Waals surface area contributed by atoms with Crippen LogP contribution in [0.4, 0.5) is 0 Å². The van der Waals surface area contributed by atoms with Crippen LogP contribution in [0.1, 0.15) is 15.9 Å². The van der Waals surface area contributed by atoms with Crippen LogP contribution < -0.4 is 0 Å². The summed E-state index contributed by atoms with van der Waals surface area (Å²) in [7, 11) is 0.421. The molecule has 0 amide bonds.